The van der Waals surface area contributed by atoms with Crippen molar-refractivity contribution in [1.82, 2.24) is 15.5 Å². The van der Waals surface area contributed by atoms with Gasteiger partial charge in [0, 0.05) is 23.5 Å². The minimum Gasteiger partial charge on any atom is -0.399 e. The molecule has 0 radical (unpaired) electrons. The van der Waals surface area contributed by atoms with Crippen LogP contribution in [0.3, 0.4) is 0 Å². The Kier molecular flexibility index (Phi) is 3.22. The minimum atomic E-state index is 0.771. The van der Waals surface area contributed by atoms with Gasteiger partial charge in [0.1, 0.15) is 0 Å². The molecule has 2 rings (SSSR count). The lowest BCUT2D eigenvalue weighted by Crippen LogP contribution is -2.11. The number of rotatable bonds is 4. The SMILES string of the molecule is CCNCc1cc(-c2ccc(N)cc2)n[nH]1. The molecule has 0 saturated heterocycles. The normalized spacial score (nSPS) is 10.6. The highest BCUT2D eigenvalue weighted by atomic mass is 15.1. The Bertz CT molecular complexity index is 444. The molecule has 84 valence electrons. The molecule has 4 nitrogen and oxygen atoms in total. The fourth-order valence-corrected chi connectivity index (χ4v) is 1.51. The Hall–Kier alpha value is -1.81. The molecule has 0 atom stereocenters. The van der Waals surface area contributed by atoms with Crippen molar-refractivity contribution in [2.75, 3.05) is 12.3 Å². The first-order chi connectivity index (χ1) is 7.79. The third-order valence-corrected chi connectivity index (χ3v) is 2.40. The van der Waals surface area contributed by atoms with Gasteiger partial charge in [-0.15, -0.1) is 0 Å². The number of aromatic amines is 1. The highest BCUT2D eigenvalue weighted by Crippen LogP contribution is 2.18. The Labute approximate surface area is 94.9 Å². The lowest BCUT2D eigenvalue weighted by Gasteiger charge is -1.97. The fraction of sp³-hybridized carbons (Fsp3) is 0.250. The number of hydrogen-bond donors (Lipinski definition) is 3. The third-order valence-electron chi connectivity index (χ3n) is 2.40. The lowest BCUT2D eigenvalue weighted by atomic mass is 10.1. The second-order valence-corrected chi connectivity index (χ2v) is 3.68. The first-order valence-corrected chi connectivity index (χ1v) is 5.40. The van der Waals surface area contributed by atoms with Gasteiger partial charge in [0.2, 0.25) is 0 Å². The van der Waals surface area contributed by atoms with E-state index in [1.807, 2.05) is 30.3 Å². The van der Waals surface area contributed by atoms with Gasteiger partial charge in [0.15, 0.2) is 0 Å². The average molecular weight is 216 g/mol. The van der Waals surface area contributed by atoms with Crippen LogP contribution >= 0.6 is 0 Å². The number of hydrogen-bond acceptors (Lipinski definition) is 3. The van der Waals surface area contributed by atoms with Crippen molar-refractivity contribution in [3.05, 3.63) is 36.0 Å². The number of benzene rings is 1. The second-order valence-electron chi connectivity index (χ2n) is 3.68. The van der Waals surface area contributed by atoms with Gasteiger partial charge in [0.25, 0.3) is 0 Å². The first kappa shape index (κ1) is 10.7. The molecule has 1 aromatic carbocycles. The predicted molar refractivity (Wildman–Crippen MR) is 65.8 cm³/mol. The minimum absolute atomic E-state index is 0.771. The van der Waals surface area contributed by atoms with Gasteiger partial charge >= 0.3 is 0 Å². The molecular formula is C12H16N4. The molecule has 16 heavy (non-hydrogen) atoms. The summed E-state index contributed by atoms with van der Waals surface area (Å²) in [6.07, 6.45) is 0. The van der Waals surface area contributed by atoms with E-state index in [-0.39, 0.29) is 0 Å². The smallest absolute Gasteiger partial charge is 0.0924 e. The summed E-state index contributed by atoms with van der Waals surface area (Å²) < 4.78 is 0. The molecule has 0 unspecified atom stereocenters. The zero-order chi connectivity index (χ0) is 11.4. The molecule has 1 aromatic heterocycles. The maximum absolute atomic E-state index is 5.64. The van der Waals surface area contributed by atoms with E-state index in [4.69, 9.17) is 5.73 Å². The zero-order valence-electron chi connectivity index (χ0n) is 9.33. The first-order valence-electron chi connectivity index (χ1n) is 5.40. The number of H-pyrrole nitrogens is 1. The summed E-state index contributed by atoms with van der Waals surface area (Å²) in [6.45, 7) is 3.85. The standard InChI is InChI=1S/C12H16N4/c1-2-14-8-11-7-12(16-15-11)9-3-5-10(13)6-4-9/h3-7,14H,2,8,13H2,1H3,(H,15,16). The van der Waals surface area contributed by atoms with E-state index in [1.54, 1.807) is 0 Å². The van der Waals surface area contributed by atoms with Gasteiger partial charge in [-0.05, 0) is 24.7 Å². The number of nitrogens with zero attached hydrogens (tertiary/aromatic N) is 1. The molecular weight excluding hydrogens is 200 g/mol. The van der Waals surface area contributed by atoms with Crippen LogP contribution in [0, 0.1) is 0 Å². The molecule has 4 heteroatoms. The van der Waals surface area contributed by atoms with E-state index in [1.165, 1.54) is 0 Å². The summed E-state index contributed by atoms with van der Waals surface area (Å²) in [5.41, 5.74) is 9.53. The summed E-state index contributed by atoms with van der Waals surface area (Å²) in [5.74, 6) is 0. The van der Waals surface area contributed by atoms with Crippen molar-refractivity contribution < 1.29 is 0 Å². The van der Waals surface area contributed by atoms with Crippen LogP contribution in [-0.4, -0.2) is 16.7 Å². The maximum Gasteiger partial charge on any atom is 0.0924 e. The Morgan fingerprint density at radius 1 is 1.31 bits per heavy atom. The molecule has 0 amide bonds. The molecule has 0 aliphatic rings. The quantitative estimate of drug-likeness (QED) is 0.682. The molecule has 1 heterocycles. The number of anilines is 1. The zero-order valence-corrected chi connectivity index (χ0v) is 9.33. The van der Waals surface area contributed by atoms with Crippen LogP contribution in [0.15, 0.2) is 30.3 Å². The van der Waals surface area contributed by atoms with E-state index in [0.717, 1.165) is 35.7 Å². The van der Waals surface area contributed by atoms with Crippen molar-refractivity contribution in [2.24, 2.45) is 0 Å². The topological polar surface area (TPSA) is 66.7 Å². The van der Waals surface area contributed by atoms with Crippen LogP contribution in [0.2, 0.25) is 0 Å². The molecule has 0 bridgehead atoms. The van der Waals surface area contributed by atoms with Gasteiger partial charge in [-0.3, -0.25) is 5.10 Å². The molecule has 0 aliphatic carbocycles. The van der Waals surface area contributed by atoms with Crippen LogP contribution in [0.1, 0.15) is 12.6 Å². The largest absolute Gasteiger partial charge is 0.399 e. The summed E-state index contributed by atoms with van der Waals surface area (Å²) in [5, 5.41) is 10.5. The van der Waals surface area contributed by atoms with E-state index >= 15 is 0 Å². The molecule has 0 fully saturated rings. The molecule has 0 aliphatic heterocycles. The molecule has 2 aromatic rings. The number of nitrogens with two attached hydrogens (primary N) is 1. The van der Waals surface area contributed by atoms with Crippen molar-refractivity contribution in [2.45, 2.75) is 13.5 Å². The molecule has 4 N–H and O–H groups in total. The highest BCUT2D eigenvalue weighted by Gasteiger charge is 2.02. The summed E-state index contributed by atoms with van der Waals surface area (Å²) >= 11 is 0. The fourth-order valence-electron chi connectivity index (χ4n) is 1.51. The molecule has 0 saturated carbocycles. The van der Waals surface area contributed by atoms with Crippen LogP contribution in [0.4, 0.5) is 5.69 Å². The number of nitrogens with one attached hydrogen (secondary N) is 2. The van der Waals surface area contributed by atoms with E-state index in [2.05, 4.69) is 22.4 Å². The Morgan fingerprint density at radius 3 is 2.75 bits per heavy atom. The second kappa shape index (κ2) is 4.81. The highest BCUT2D eigenvalue weighted by molar-refractivity contribution is 5.61. The van der Waals surface area contributed by atoms with Gasteiger partial charge in [-0.1, -0.05) is 19.1 Å². The predicted octanol–water partition coefficient (Wildman–Crippen LogP) is 1.77. The van der Waals surface area contributed by atoms with Gasteiger partial charge in [0.05, 0.1) is 5.69 Å². The van der Waals surface area contributed by atoms with Gasteiger partial charge < -0.3 is 11.1 Å². The molecule has 0 spiro atoms. The van der Waals surface area contributed by atoms with Crippen LogP contribution in [0.5, 0.6) is 0 Å². The summed E-state index contributed by atoms with van der Waals surface area (Å²) in [6, 6.07) is 9.77. The third kappa shape index (κ3) is 2.41. The van der Waals surface area contributed by atoms with Crippen LogP contribution in [0.25, 0.3) is 11.3 Å². The Morgan fingerprint density at radius 2 is 2.06 bits per heavy atom. The average Bonchev–Trinajstić information content (AvgIpc) is 2.76. The van der Waals surface area contributed by atoms with Crippen molar-refractivity contribution in [3.8, 4) is 11.3 Å². The van der Waals surface area contributed by atoms with Crippen molar-refractivity contribution in [3.63, 3.8) is 0 Å². The van der Waals surface area contributed by atoms with Gasteiger partial charge in [-0.2, -0.15) is 5.10 Å². The Balaban J connectivity index is 2.15. The van der Waals surface area contributed by atoms with E-state index in [0.29, 0.717) is 0 Å². The number of aromatic nitrogens is 2. The van der Waals surface area contributed by atoms with Crippen LogP contribution < -0.4 is 11.1 Å². The lowest BCUT2D eigenvalue weighted by molar-refractivity contribution is 0.707. The van der Waals surface area contributed by atoms with Crippen molar-refractivity contribution in [1.29, 1.82) is 0 Å². The number of nitrogen functional groups attached to an aromatic ring is 1. The van der Waals surface area contributed by atoms with E-state index < -0.39 is 0 Å². The van der Waals surface area contributed by atoms with Gasteiger partial charge in [-0.25, -0.2) is 0 Å². The summed E-state index contributed by atoms with van der Waals surface area (Å²) in [4.78, 5) is 0. The van der Waals surface area contributed by atoms with Crippen LogP contribution in [-0.2, 0) is 6.54 Å². The van der Waals surface area contributed by atoms with Crippen molar-refractivity contribution >= 4 is 5.69 Å². The maximum atomic E-state index is 5.64. The van der Waals surface area contributed by atoms with E-state index in [9.17, 15) is 0 Å². The summed E-state index contributed by atoms with van der Waals surface area (Å²) in [7, 11) is 0. The monoisotopic (exact) mass is 216 g/mol.